The Hall–Kier alpha value is -2.17. The number of ether oxygens (including phenoxy) is 1. The number of esters is 1. The predicted molar refractivity (Wildman–Crippen MR) is 59.0 cm³/mol. The minimum absolute atomic E-state index is 0.0769. The average Bonchev–Trinajstić information content (AvgIpc) is 2.26. The van der Waals surface area contributed by atoms with Crippen molar-refractivity contribution in [2.24, 2.45) is 0 Å². The van der Waals surface area contributed by atoms with Crippen molar-refractivity contribution >= 4 is 18.0 Å². The molecule has 1 aromatic rings. The SMILES string of the molecule is CCOC(=O)C=Cc1cc(F)ccc1C(=O)O. The van der Waals surface area contributed by atoms with E-state index in [0.717, 1.165) is 24.3 Å². The fraction of sp³-hybridized carbons (Fsp3) is 0.167. The molecule has 0 saturated heterocycles. The molecular formula is C12H11FO4. The summed E-state index contributed by atoms with van der Waals surface area (Å²) in [5, 5.41) is 8.85. The molecule has 17 heavy (non-hydrogen) atoms. The summed E-state index contributed by atoms with van der Waals surface area (Å²) in [4.78, 5) is 21.9. The Labute approximate surface area is 97.3 Å². The Morgan fingerprint density at radius 1 is 1.47 bits per heavy atom. The van der Waals surface area contributed by atoms with Crippen LogP contribution >= 0.6 is 0 Å². The molecule has 0 heterocycles. The number of rotatable bonds is 4. The van der Waals surface area contributed by atoms with Gasteiger partial charge >= 0.3 is 11.9 Å². The fourth-order valence-corrected chi connectivity index (χ4v) is 1.21. The van der Waals surface area contributed by atoms with Crippen molar-refractivity contribution < 1.29 is 23.8 Å². The molecule has 0 saturated carbocycles. The molecule has 1 N–H and O–H groups in total. The molecule has 0 bridgehead atoms. The summed E-state index contributed by atoms with van der Waals surface area (Å²) in [6, 6.07) is 3.23. The fourth-order valence-electron chi connectivity index (χ4n) is 1.21. The van der Waals surface area contributed by atoms with Crippen molar-refractivity contribution in [3.05, 3.63) is 41.2 Å². The topological polar surface area (TPSA) is 63.6 Å². The van der Waals surface area contributed by atoms with Crippen molar-refractivity contribution in [1.82, 2.24) is 0 Å². The Balaban J connectivity index is 3.00. The number of aromatic carboxylic acids is 1. The highest BCUT2D eigenvalue weighted by Crippen LogP contribution is 2.13. The Morgan fingerprint density at radius 2 is 2.18 bits per heavy atom. The van der Waals surface area contributed by atoms with Gasteiger partial charge in [-0.1, -0.05) is 0 Å². The molecule has 0 spiro atoms. The summed E-state index contributed by atoms with van der Waals surface area (Å²) in [7, 11) is 0. The molecule has 0 aliphatic heterocycles. The Morgan fingerprint density at radius 3 is 2.76 bits per heavy atom. The van der Waals surface area contributed by atoms with Crippen LogP contribution in [0.2, 0.25) is 0 Å². The van der Waals surface area contributed by atoms with Crippen molar-refractivity contribution in [2.75, 3.05) is 6.61 Å². The van der Waals surface area contributed by atoms with Gasteiger partial charge in [0.1, 0.15) is 5.82 Å². The average molecular weight is 238 g/mol. The second-order valence-electron chi connectivity index (χ2n) is 3.12. The van der Waals surface area contributed by atoms with E-state index in [0.29, 0.717) is 0 Å². The van der Waals surface area contributed by atoms with E-state index in [9.17, 15) is 14.0 Å². The summed E-state index contributed by atoms with van der Waals surface area (Å²) in [6.45, 7) is 1.87. The maximum Gasteiger partial charge on any atom is 0.336 e. The van der Waals surface area contributed by atoms with Crippen LogP contribution in [0.3, 0.4) is 0 Å². The largest absolute Gasteiger partial charge is 0.478 e. The highest BCUT2D eigenvalue weighted by molar-refractivity contribution is 5.94. The van der Waals surface area contributed by atoms with Crippen LogP contribution in [0, 0.1) is 5.82 Å². The van der Waals surface area contributed by atoms with E-state index in [1.807, 2.05) is 0 Å². The number of carbonyl (C=O) groups excluding carboxylic acids is 1. The van der Waals surface area contributed by atoms with E-state index in [-0.39, 0.29) is 17.7 Å². The van der Waals surface area contributed by atoms with E-state index < -0.39 is 17.8 Å². The van der Waals surface area contributed by atoms with Gasteiger partial charge in [-0.15, -0.1) is 0 Å². The number of hydrogen-bond acceptors (Lipinski definition) is 3. The predicted octanol–water partition coefficient (Wildman–Crippen LogP) is 2.10. The Kier molecular flexibility index (Phi) is 4.39. The smallest absolute Gasteiger partial charge is 0.336 e. The number of benzene rings is 1. The molecule has 1 rings (SSSR count). The molecule has 0 fully saturated rings. The lowest BCUT2D eigenvalue weighted by atomic mass is 10.1. The van der Waals surface area contributed by atoms with Crippen LogP contribution in [0.5, 0.6) is 0 Å². The quantitative estimate of drug-likeness (QED) is 0.644. The zero-order valence-electron chi connectivity index (χ0n) is 9.14. The van der Waals surface area contributed by atoms with E-state index in [2.05, 4.69) is 4.74 Å². The van der Waals surface area contributed by atoms with E-state index >= 15 is 0 Å². The highest BCUT2D eigenvalue weighted by atomic mass is 19.1. The van der Waals surface area contributed by atoms with E-state index in [1.165, 1.54) is 6.08 Å². The number of hydrogen-bond donors (Lipinski definition) is 1. The lowest BCUT2D eigenvalue weighted by molar-refractivity contribution is -0.137. The molecule has 5 heteroatoms. The van der Waals surface area contributed by atoms with Crippen LogP contribution in [-0.2, 0) is 9.53 Å². The standard InChI is InChI=1S/C12H11FO4/c1-2-17-11(14)6-3-8-7-9(13)4-5-10(8)12(15)16/h3-7H,2H2,1H3,(H,15,16). The second kappa shape index (κ2) is 5.79. The van der Waals surface area contributed by atoms with Crippen molar-refractivity contribution in [1.29, 1.82) is 0 Å². The van der Waals surface area contributed by atoms with Gasteiger partial charge in [0.25, 0.3) is 0 Å². The second-order valence-corrected chi connectivity index (χ2v) is 3.12. The molecule has 0 amide bonds. The first kappa shape index (κ1) is 12.9. The zero-order valence-corrected chi connectivity index (χ0v) is 9.14. The highest BCUT2D eigenvalue weighted by Gasteiger charge is 2.09. The molecule has 1 aromatic carbocycles. The lowest BCUT2D eigenvalue weighted by Crippen LogP contribution is -2.02. The van der Waals surface area contributed by atoms with Crippen molar-refractivity contribution in [3.63, 3.8) is 0 Å². The molecule has 0 aliphatic rings. The first-order chi connectivity index (χ1) is 8.04. The van der Waals surface area contributed by atoms with Crippen LogP contribution in [-0.4, -0.2) is 23.7 Å². The molecule has 90 valence electrons. The molecule has 0 unspecified atom stereocenters. The maximum atomic E-state index is 12.9. The third-order valence-electron chi connectivity index (χ3n) is 1.93. The van der Waals surface area contributed by atoms with Crippen LogP contribution in [0.1, 0.15) is 22.8 Å². The molecule has 0 aliphatic carbocycles. The van der Waals surface area contributed by atoms with Crippen LogP contribution < -0.4 is 0 Å². The molecular weight excluding hydrogens is 227 g/mol. The summed E-state index contributed by atoms with van der Waals surface area (Å²) in [5.74, 6) is -2.36. The van der Waals surface area contributed by atoms with Gasteiger partial charge in [-0.05, 0) is 36.8 Å². The van der Waals surface area contributed by atoms with Gasteiger partial charge in [0.15, 0.2) is 0 Å². The van der Waals surface area contributed by atoms with Gasteiger partial charge in [-0.25, -0.2) is 14.0 Å². The van der Waals surface area contributed by atoms with Crippen LogP contribution in [0.15, 0.2) is 24.3 Å². The normalized spacial score (nSPS) is 10.5. The van der Waals surface area contributed by atoms with Crippen molar-refractivity contribution in [2.45, 2.75) is 6.92 Å². The molecule has 4 nitrogen and oxygen atoms in total. The van der Waals surface area contributed by atoms with Gasteiger partial charge in [0.05, 0.1) is 12.2 Å². The van der Waals surface area contributed by atoms with Crippen molar-refractivity contribution in [3.8, 4) is 0 Å². The molecule has 0 aromatic heterocycles. The van der Waals surface area contributed by atoms with E-state index in [1.54, 1.807) is 6.92 Å². The molecule has 0 radical (unpaired) electrons. The first-order valence-corrected chi connectivity index (χ1v) is 4.92. The van der Waals surface area contributed by atoms with Crippen LogP contribution in [0.25, 0.3) is 6.08 Å². The van der Waals surface area contributed by atoms with Gasteiger partial charge in [0.2, 0.25) is 0 Å². The maximum absolute atomic E-state index is 12.9. The van der Waals surface area contributed by atoms with Gasteiger partial charge < -0.3 is 9.84 Å². The monoisotopic (exact) mass is 238 g/mol. The number of carboxylic acids is 1. The number of carbonyl (C=O) groups is 2. The van der Waals surface area contributed by atoms with Crippen LogP contribution in [0.4, 0.5) is 4.39 Å². The first-order valence-electron chi connectivity index (χ1n) is 4.92. The minimum atomic E-state index is -1.19. The van der Waals surface area contributed by atoms with E-state index in [4.69, 9.17) is 5.11 Å². The number of carboxylic acid groups (broad SMARTS) is 1. The molecule has 0 atom stereocenters. The summed E-state index contributed by atoms with van der Waals surface area (Å²) < 4.78 is 17.6. The zero-order chi connectivity index (χ0) is 12.8. The third kappa shape index (κ3) is 3.71. The summed E-state index contributed by atoms with van der Waals surface area (Å²) in [6.07, 6.45) is 2.27. The number of halogens is 1. The summed E-state index contributed by atoms with van der Waals surface area (Å²) in [5.41, 5.74) is 0.0394. The van der Waals surface area contributed by atoms with Gasteiger partial charge in [0, 0.05) is 6.08 Å². The lowest BCUT2D eigenvalue weighted by Gasteiger charge is -2.01. The third-order valence-corrected chi connectivity index (χ3v) is 1.93. The summed E-state index contributed by atoms with van der Waals surface area (Å²) >= 11 is 0. The minimum Gasteiger partial charge on any atom is -0.478 e. The van der Waals surface area contributed by atoms with Gasteiger partial charge in [-0.3, -0.25) is 0 Å². The van der Waals surface area contributed by atoms with Gasteiger partial charge in [-0.2, -0.15) is 0 Å². The Bertz CT molecular complexity index is 466.